The molecule has 0 aliphatic heterocycles. The van der Waals surface area contributed by atoms with Crippen molar-refractivity contribution in [2.45, 2.75) is 31.8 Å². The van der Waals surface area contributed by atoms with Crippen LogP contribution in [0.3, 0.4) is 0 Å². The lowest BCUT2D eigenvalue weighted by Crippen LogP contribution is -2.21. The first-order valence-electron chi connectivity index (χ1n) is 6.58. The van der Waals surface area contributed by atoms with Crippen molar-refractivity contribution >= 4 is 12.2 Å². The molecule has 1 aromatic carbocycles. The molecule has 0 bridgehead atoms. The summed E-state index contributed by atoms with van der Waals surface area (Å²) in [6, 6.07) is 2.21. The largest absolute Gasteiger partial charge is 0.337 e. The summed E-state index contributed by atoms with van der Waals surface area (Å²) in [5.41, 5.74) is 7.83. The SMILES string of the molecule is NCc1c[nH]c(=S)n1C1CCCc2c(F)cc(F)cc21. The predicted octanol–water partition coefficient (Wildman–Crippen LogP) is 3.21. The monoisotopic (exact) mass is 295 g/mol. The summed E-state index contributed by atoms with van der Waals surface area (Å²) in [5.74, 6) is -1.02. The van der Waals surface area contributed by atoms with Crippen molar-refractivity contribution in [1.82, 2.24) is 9.55 Å². The van der Waals surface area contributed by atoms with E-state index in [2.05, 4.69) is 4.98 Å². The number of halogens is 2. The molecule has 1 unspecified atom stereocenters. The highest BCUT2D eigenvalue weighted by Gasteiger charge is 2.26. The van der Waals surface area contributed by atoms with Gasteiger partial charge in [0, 0.05) is 18.8 Å². The van der Waals surface area contributed by atoms with E-state index in [1.807, 2.05) is 4.57 Å². The zero-order valence-electron chi connectivity index (χ0n) is 10.8. The van der Waals surface area contributed by atoms with Crippen LogP contribution >= 0.6 is 12.2 Å². The minimum absolute atomic E-state index is 0.152. The molecule has 0 fully saturated rings. The van der Waals surface area contributed by atoms with Crippen LogP contribution < -0.4 is 5.73 Å². The van der Waals surface area contributed by atoms with Crippen LogP contribution in [0.15, 0.2) is 18.3 Å². The van der Waals surface area contributed by atoms with Crippen molar-refractivity contribution in [3.05, 3.63) is 51.6 Å². The van der Waals surface area contributed by atoms with Crippen molar-refractivity contribution in [3.8, 4) is 0 Å². The van der Waals surface area contributed by atoms with Crippen LogP contribution in [0.25, 0.3) is 0 Å². The topological polar surface area (TPSA) is 46.7 Å². The van der Waals surface area contributed by atoms with Crippen molar-refractivity contribution in [2.75, 3.05) is 0 Å². The number of imidazole rings is 1. The van der Waals surface area contributed by atoms with E-state index in [0.29, 0.717) is 28.9 Å². The number of hydrogen-bond donors (Lipinski definition) is 2. The Hall–Kier alpha value is -1.53. The third-order valence-corrected chi connectivity index (χ3v) is 4.18. The Morgan fingerprint density at radius 2 is 2.20 bits per heavy atom. The second-order valence-electron chi connectivity index (χ2n) is 5.02. The molecule has 0 amide bonds. The van der Waals surface area contributed by atoms with Gasteiger partial charge in [-0.1, -0.05) is 0 Å². The van der Waals surface area contributed by atoms with E-state index in [1.54, 1.807) is 6.20 Å². The van der Waals surface area contributed by atoms with Gasteiger partial charge in [0.15, 0.2) is 4.77 Å². The Bertz CT molecular complexity index is 705. The molecule has 6 heteroatoms. The average molecular weight is 295 g/mol. The molecule has 1 atom stereocenters. The number of nitrogens with two attached hydrogens (primary N) is 1. The average Bonchev–Trinajstić information content (AvgIpc) is 2.79. The molecule has 0 spiro atoms. The molecule has 1 aromatic heterocycles. The minimum Gasteiger partial charge on any atom is -0.337 e. The smallest absolute Gasteiger partial charge is 0.177 e. The van der Waals surface area contributed by atoms with Crippen LogP contribution in [0, 0.1) is 16.4 Å². The fraction of sp³-hybridized carbons (Fsp3) is 0.357. The van der Waals surface area contributed by atoms with Gasteiger partial charge in [-0.3, -0.25) is 0 Å². The van der Waals surface area contributed by atoms with Gasteiger partial charge in [0.25, 0.3) is 0 Å². The summed E-state index contributed by atoms with van der Waals surface area (Å²) in [5, 5.41) is 0. The quantitative estimate of drug-likeness (QED) is 0.836. The van der Waals surface area contributed by atoms with E-state index in [1.165, 1.54) is 6.07 Å². The van der Waals surface area contributed by atoms with E-state index < -0.39 is 11.6 Å². The molecular weight excluding hydrogens is 280 g/mol. The normalized spacial score (nSPS) is 18.1. The van der Waals surface area contributed by atoms with Crippen LogP contribution in [0.2, 0.25) is 0 Å². The van der Waals surface area contributed by atoms with E-state index >= 15 is 0 Å². The summed E-state index contributed by atoms with van der Waals surface area (Å²) in [6.45, 7) is 0.330. The lowest BCUT2D eigenvalue weighted by atomic mass is 9.87. The van der Waals surface area contributed by atoms with Gasteiger partial charge in [-0.05, 0) is 48.7 Å². The van der Waals surface area contributed by atoms with Gasteiger partial charge >= 0.3 is 0 Å². The molecule has 20 heavy (non-hydrogen) atoms. The fourth-order valence-electron chi connectivity index (χ4n) is 2.99. The first-order chi connectivity index (χ1) is 9.61. The van der Waals surface area contributed by atoms with Crippen LogP contribution in [-0.2, 0) is 13.0 Å². The standard InChI is InChI=1S/C14H15F2N3S/c15-8-4-11-10(12(16)5-8)2-1-3-13(11)19-9(6-17)7-18-14(19)20/h4-5,7,13H,1-3,6,17H2,(H,18,20). The molecule has 3 nitrogen and oxygen atoms in total. The summed E-state index contributed by atoms with van der Waals surface area (Å²) in [6.07, 6.45) is 4.03. The van der Waals surface area contributed by atoms with Crippen LogP contribution in [0.5, 0.6) is 0 Å². The maximum Gasteiger partial charge on any atom is 0.177 e. The second-order valence-corrected chi connectivity index (χ2v) is 5.41. The number of H-pyrrole nitrogens is 1. The Balaban J connectivity index is 2.19. The third-order valence-electron chi connectivity index (χ3n) is 3.87. The minimum atomic E-state index is -0.551. The van der Waals surface area contributed by atoms with Gasteiger partial charge in [-0.25, -0.2) is 8.78 Å². The number of benzene rings is 1. The lowest BCUT2D eigenvalue weighted by molar-refractivity contribution is 0.453. The van der Waals surface area contributed by atoms with E-state index in [-0.39, 0.29) is 6.04 Å². The van der Waals surface area contributed by atoms with Gasteiger partial charge in [-0.2, -0.15) is 0 Å². The van der Waals surface area contributed by atoms with E-state index in [4.69, 9.17) is 18.0 Å². The molecule has 0 saturated heterocycles. The van der Waals surface area contributed by atoms with Crippen molar-refractivity contribution in [1.29, 1.82) is 0 Å². The molecule has 1 heterocycles. The third kappa shape index (κ3) is 2.09. The highest BCUT2D eigenvalue weighted by atomic mass is 32.1. The number of aromatic amines is 1. The van der Waals surface area contributed by atoms with Crippen LogP contribution in [-0.4, -0.2) is 9.55 Å². The zero-order valence-corrected chi connectivity index (χ0v) is 11.6. The van der Waals surface area contributed by atoms with Crippen LogP contribution in [0.1, 0.15) is 35.7 Å². The highest BCUT2D eigenvalue weighted by molar-refractivity contribution is 7.71. The van der Waals surface area contributed by atoms with Crippen molar-refractivity contribution < 1.29 is 8.78 Å². The Morgan fingerprint density at radius 1 is 1.40 bits per heavy atom. The highest BCUT2D eigenvalue weighted by Crippen LogP contribution is 2.35. The number of aromatic nitrogens is 2. The first kappa shape index (κ1) is 13.5. The zero-order chi connectivity index (χ0) is 14.3. The van der Waals surface area contributed by atoms with Crippen molar-refractivity contribution in [3.63, 3.8) is 0 Å². The molecule has 0 radical (unpaired) electrons. The molecule has 1 aliphatic carbocycles. The summed E-state index contributed by atoms with van der Waals surface area (Å²) >= 11 is 5.28. The number of nitrogens with one attached hydrogen (secondary N) is 1. The van der Waals surface area contributed by atoms with Gasteiger partial charge in [0.1, 0.15) is 11.6 Å². The first-order valence-corrected chi connectivity index (χ1v) is 6.99. The molecule has 3 N–H and O–H groups in total. The second kappa shape index (κ2) is 5.10. The van der Waals surface area contributed by atoms with E-state index in [0.717, 1.165) is 24.6 Å². The van der Waals surface area contributed by atoms with Crippen molar-refractivity contribution in [2.24, 2.45) is 5.73 Å². The van der Waals surface area contributed by atoms with Gasteiger partial charge in [-0.15, -0.1) is 0 Å². The maximum atomic E-state index is 13.9. The molecule has 1 aliphatic rings. The number of hydrogen-bond acceptors (Lipinski definition) is 2. The predicted molar refractivity (Wildman–Crippen MR) is 74.9 cm³/mol. The summed E-state index contributed by atoms with van der Waals surface area (Å²) in [4.78, 5) is 2.96. The maximum absolute atomic E-state index is 13.9. The summed E-state index contributed by atoms with van der Waals surface area (Å²) < 4.78 is 29.9. The molecule has 0 saturated carbocycles. The molecular formula is C14H15F2N3S. The van der Waals surface area contributed by atoms with Gasteiger partial charge in [0.2, 0.25) is 0 Å². The lowest BCUT2D eigenvalue weighted by Gasteiger charge is -2.28. The fourth-order valence-corrected chi connectivity index (χ4v) is 3.30. The Labute approximate surface area is 120 Å². The molecule has 3 rings (SSSR count). The van der Waals surface area contributed by atoms with Crippen LogP contribution in [0.4, 0.5) is 8.78 Å². The Morgan fingerprint density at radius 3 is 2.95 bits per heavy atom. The number of fused-ring (bicyclic) bond motifs is 1. The molecule has 106 valence electrons. The molecule has 2 aromatic rings. The van der Waals surface area contributed by atoms with E-state index in [9.17, 15) is 8.78 Å². The van der Waals surface area contributed by atoms with Gasteiger partial charge < -0.3 is 15.3 Å². The van der Waals surface area contributed by atoms with Gasteiger partial charge in [0.05, 0.1) is 11.7 Å². The number of rotatable bonds is 2. The number of nitrogens with zero attached hydrogens (tertiary/aromatic N) is 1. The Kier molecular flexibility index (Phi) is 3.43. The summed E-state index contributed by atoms with van der Waals surface area (Å²) in [7, 11) is 0.